The van der Waals surface area contributed by atoms with E-state index in [1.54, 1.807) is 27.7 Å². The number of hydrogen-bond acceptors (Lipinski definition) is 11. The average molecular weight is 730 g/mol. The number of amides is 8. The zero-order chi connectivity index (χ0) is 39.7. The summed E-state index contributed by atoms with van der Waals surface area (Å²) in [5, 5.41) is 33.7. The first kappa shape index (κ1) is 46.1. The number of aliphatic hydroxyl groups excluding tert-OH is 1. The van der Waals surface area contributed by atoms with Crippen molar-refractivity contribution in [2.75, 3.05) is 0 Å². The fraction of sp³-hybridized carbons (Fsp3) is 0.710. The van der Waals surface area contributed by atoms with Gasteiger partial charge in [-0.15, -0.1) is 0 Å². The monoisotopic (exact) mass is 729 g/mol. The molecule has 0 unspecified atom stereocenters. The quantitative estimate of drug-likeness (QED) is 0.0479. The highest BCUT2D eigenvalue weighted by atomic mass is 16.4. The molecule has 20 nitrogen and oxygen atoms in total. The van der Waals surface area contributed by atoms with Gasteiger partial charge in [-0.1, -0.05) is 27.7 Å². The summed E-state index contributed by atoms with van der Waals surface area (Å²) in [6, 6.07) is -9.60. The van der Waals surface area contributed by atoms with Gasteiger partial charge in [-0.3, -0.25) is 38.4 Å². The third-order valence-corrected chi connectivity index (χ3v) is 7.24. The maximum absolute atomic E-state index is 13.4. The summed E-state index contributed by atoms with van der Waals surface area (Å²) in [7, 11) is 0. The van der Waals surface area contributed by atoms with Crippen molar-refractivity contribution < 1.29 is 53.4 Å². The molecule has 8 atom stereocenters. The molecule has 0 radical (unpaired) electrons. The van der Waals surface area contributed by atoms with Gasteiger partial charge in [0.05, 0.1) is 18.6 Å². The van der Waals surface area contributed by atoms with E-state index >= 15 is 0 Å². The van der Waals surface area contributed by atoms with E-state index in [0.717, 1.165) is 6.92 Å². The van der Waals surface area contributed by atoms with E-state index in [-0.39, 0.29) is 37.5 Å². The number of hydrogen-bond donors (Lipinski definition) is 11. The van der Waals surface area contributed by atoms with Crippen LogP contribution in [-0.2, 0) is 43.2 Å². The van der Waals surface area contributed by atoms with Crippen LogP contribution in [0.25, 0.3) is 0 Å². The number of carbonyl (C=O) groups is 9. The third-order valence-electron chi connectivity index (χ3n) is 7.24. The van der Waals surface area contributed by atoms with Gasteiger partial charge in [0.25, 0.3) is 0 Å². The lowest BCUT2D eigenvalue weighted by atomic mass is 10.0. The van der Waals surface area contributed by atoms with E-state index < -0.39 is 108 Å². The summed E-state index contributed by atoms with van der Waals surface area (Å²) in [4.78, 5) is 113. The number of primary amides is 2. The van der Waals surface area contributed by atoms with Crippen molar-refractivity contribution in [3.8, 4) is 0 Å². The van der Waals surface area contributed by atoms with Crippen LogP contribution in [0.15, 0.2) is 0 Å². The summed E-state index contributed by atoms with van der Waals surface area (Å²) >= 11 is 0. The molecule has 0 saturated heterocycles. The van der Waals surface area contributed by atoms with Crippen molar-refractivity contribution in [1.29, 1.82) is 0 Å². The SMILES string of the molecule is CC(C)C[C@H](NC(=O)[C@@H](NC(=O)[C@H](CC(N)=O)NC(=O)[C@H](CC(C)C)NC(=O)[C@H](C)NC(=O)[C@H](CCC(N)=O)NC(=O)[C@H](C)N)[C@@H](C)O)C(=O)O. The minimum atomic E-state index is -1.70. The lowest BCUT2D eigenvalue weighted by Gasteiger charge is -2.28. The highest BCUT2D eigenvalue weighted by Crippen LogP contribution is 2.09. The van der Waals surface area contributed by atoms with Crippen LogP contribution in [0.2, 0.25) is 0 Å². The molecular weight excluding hydrogens is 674 g/mol. The van der Waals surface area contributed by atoms with Gasteiger partial charge in [0, 0.05) is 6.42 Å². The van der Waals surface area contributed by atoms with E-state index in [1.807, 2.05) is 0 Å². The van der Waals surface area contributed by atoms with Gasteiger partial charge >= 0.3 is 5.97 Å². The number of rotatable bonds is 23. The van der Waals surface area contributed by atoms with Gasteiger partial charge in [-0.25, -0.2) is 4.79 Å². The number of carbonyl (C=O) groups excluding carboxylic acids is 8. The second kappa shape index (κ2) is 22.1. The molecule has 0 heterocycles. The minimum absolute atomic E-state index is 0.0139. The van der Waals surface area contributed by atoms with E-state index in [9.17, 15) is 53.4 Å². The molecule has 0 aliphatic rings. The number of aliphatic hydroxyl groups is 1. The summed E-state index contributed by atoms with van der Waals surface area (Å²) < 4.78 is 0. The molecule has 0 saturated carbocycles. The van der Waals surface area contributed by atoms with Crippen LogP contribution in [0, 0.1) is 11.8 Å². The molecule has 0 aromatic rings. The molecule has 8 amide bonds. The van der Waals surface area contributed by atoms with E-state index in [2.05, 4.69) is 31.9 Å². The summed E-state index contributed by atoms with van der Waals surface area (Å²) in [6.45, 7) is 10.7. The molecule has 0 aliphatic heterocycles. The molecule has 0 aromatic carbocycles. The maximum Gasteiger partial charge on any atom is 0.326 e. The Morgan fingerprint density at radius 2 is 1.00 bits per heavy atom. The largest absolute Gasteiger partial charge is 0.480 e. The van der Waals surface area contributed by atoms with Gasteiger partial charge in [-0.2, -0.15) is 0 Å². The Labute approximate surface area is 296 Å². The molecule has 0 aliphatic carbocycles. The Bertz CT molecular complexity index is 1270. The smallest absolute Gasteiger partial charge is 0.326 e. The van der Waals surface area contributed by atoms with Crippen LogP contribution in [0.5, 0.6) is 0 Å². The molecule has 51 heavy (non-hydrogen) atoms. The first-order valence-corrected chi connectivity index (χ1v) is 16.5. The van der Waals surface area contributed by atoms with Crippen molar-refractivity contribution in [2.45, 2.75) is 129 Å². The molecule has 0 aromatic heterocycles. The highest BCUT2D eigenvalue weighted by molar-refractivity contribution is 5.98. The van der Waals surface area contributed by atoms with Crippen molar-refractivity contribution in [3.63, 3.8) is 0 Å². The average Bonchev–Trinajstić information content (AvgIpc) is 2.99. The molecule has 0 spiro atoms. The maximum atomic E-state index is 13.4. The van der Waals surface area contributed by atoms with Gasteiger partial charge in [0.1, 0.15) is 36.3 Å². The van der Waals surface area contributed by atoms with Crippen molar-refractivity contribution in [3.05, 3.63) is 0 Å². The van der Waals surface area contributed by atoms with Crippen molar-refractivity contribution in [2.24, 2.45) is 29.0 Å². The molecular formula is C31H55N9O11. The number of carboxylic acids is 1. The Morgan fingerprint density at radius 3 is 1.45 bits per heavy atom. The predicted molar refractivity (Wildman–Crippen MR) is 181 cm³/mol. The molecule has 0 rings (SSSR count). The third kappa shape index (κ3) is 18.1. The normalized spacial score (nSPS) is 15.8. The van der Waals surface area contributed by atoms with E-state index in [4.69, 9.17) is 17.2 Å². The number of aliphatic carboxylic acids is 1. The Hall–Kier alpha value is -4.85. The highest BCUT2D eigenvalue weighted by Gasteiger charge is 2.35. The molecule has 20 heteroatoms. The zero-order valence-corrected chi connectivity index (χ0v) is 30.1. The molecule has 290 valence electrons. The first-order valence-electron chi connectivity index (χ1n) is 16.5. The van der Waals surface area contributed by atoms with Crippen molar-refractivity contribution in [1.82, 2.24) is 31.9 Å². The number of nitrogens with one attached hydrogen (secondary N) is 6. The summed E-state index contributed by atoms with van der Waals surface area (Å²) in [6.07, 6.45) is -2.69. The molecule has 0 fully saturated rings. The molecule has 0 bridgehead atoms. The standard InChI is InChI=1S/C31H55N9O11/c1-13(2)10-19(37-26(45)16(6)35-27(46)18(8-9-22(33)42)36-25(44)15(5)32)28(47)38-20(12-23(34)43)29(48)40-24(17(7)41)30(49)39-21(31(50)51)11-14(3)4/h13-21,24,41H,8-12,32H2,1-7H3,(H2,33,42)(H2,34,43)(H,35,46)(H,36,44)(H,37,45)(H,38,47)(H,39,49)(H,40,48)(H,50,51)/t15-,16-,17+,18-,19-,20-,21-,24-/m0/s1. The topological polar surface area (TPSA) is 344 Å². The fourth-order valence-electron chi connectivity index (χ4n) is 4.53. The summed E-state index contributed by atoms with van der Waals surface area (Å²) in [5.74, 6) is -8.94. The zero-order valence-electron chi connectivity index (χ0n) is 30.1. The molecule has 14 N–H and O–H groups in total. The van der Waals surface area contributed by atoms with Gasteiger partial charge in [-0.05, 0) is 51.9 Å². The van der Waals surface area contributed by atoms with E-state index in [0.29, 0.717) is 0 Å². The lowest BCUT2D eigenvalue weighted by Crippen LogP contribution is -2.61. The van der Waals surface area contributed by atoms with Crippen LogP contribution >= 0.6 is 0 Å². The Kier molecular flexibility index (Phi) is 20.0. The van der Waals surface area contributed by atoms with Crippen LogP contribution in [0.4, 0.5) is 0 Å². The van der Waals surface area contributed by atoms with E-state index in [1.165, 1.54) is 13.8 Å². The van der Waals surface area contributed by atoms with Gasteiger partial charge < -0.3 is 59.3 Å². The van der Waals surface area contributed by atoms with Crippen LogP contribution in [0.1, 0.15) is 80.6 Å². The fourth-order valence-corrected chi connectivity index (χ4v) is 4.53. The van der Waals surface area contributed by atoms with Crippen LogP contribution in [0.3, 0.4) is 0 Å². The number of nitrogens with two attached hydrogens (primary N) is 3. The van der Waals surface area contributed by atoms with Gasteiger partial charge in [0.15, 0.2) is 0 Å². The number of carboxylic acid groups (broad SMARTS) is 1. The summed E-state index contributed by atoms with van der Waals surface area (Å²) in [5.41, 5.74) is 16.0. The second-order valence-corrected chi connectivity index (χ2v) is 13.3. The second-order valence-electron chi connectivity index (χ2n) is 13.3. The van der Waals surface area contributed by atoms with Crippen LogP contribution in [-0.4, -0.2) is 112 Å². The van der Waals surface area contributed by atoms with Gasteiger partial charge in [0.2, 0.25) is 47.3 Å². The lowest BCUT2D eigenvalue weighted by molar-refractivity contribution is -0.143. The Morgan fingerprint density at radius 1 is 0.549 bits per heavy atom. The Balaban J connectivity index is 5.97. The van der Waals surface area contributed by atoms with Crippen LogP contribution < -0.4 is 49.1 Å². The minimum Gasteiger partial charge on any atom is -0.480 e. The first-order chi connectivity index (χ1) is 23.5. The van der Waals surface area contributed by atoms with Crippen molar-refractivity contribution >= 4 is 53.2 Å². The predicted octanol–water partition coefficient (Wildman–Crippen LogP) is -4.04.